The second-order valence-electron chi connectivity index (χ2n) is 4.66. The smallest absolute Gasteiger partial charge is 0.00160 e. The van der Waals surface area contributed by atoms with Crippen molar-refractivity contribution < 1.29 is 0 Å². The Labute approximate surface area is 93.2 Å². The summed E-state index contributed by atoms with van der Waals surface area (Å²) in [5.41, 5.74) is 1.57. The van der Waals surface area contributed by atoms with Crippen molar-refractivity contribution in [3.8, 4) is 0 Å². The van der Waals surface area contributed by atoms with E-state index in [9.17, 15) is 0 Å². The number of rotatable bonds is 1. The van der Waals surface area contributed by atoms with E-state index in [1.165, 1.54) is 32.4 Å². The molecule has 1 heterocycles. The molecule has 1 saturated heterocycles. The molecular weight excluding hydrogens is 182 g/mol. The van der Waals surface area contributed by atoms with Crippen LogP contribution in [-0.4, -0.2) is 25.0 Å². The Hall–Kier alpha value is -0.820. The molecule has 2 aliphatic rings. The molecule has 0 radical (unpaired) electrons. The summed E-state index contributed by atoms with van der Waals surface area (Å²) in [6.45, 7) is 2.52. The predicted octanol–water partition coefficient (Wildman–Crippen LogP) is 3.16. The van der Waals surface area contributed by atoms with Crippen molar-refractivity contribution in [2.75, 3.05) is 20.1 Å². The third-order valence-corrected chi connectivity index (χ3v) is 3.45. The van der Waals surface area contributed by atoms with E-state index in [1.807, 2.05) is 0 Å². The molecule has 1 atom stereocenters. The molecule has 0 saturated carbocycles. The van der Waals surface area contributed by atoms with Crippen molar-refractivity contribution in [1.82, 2.24) is 4.90 Å². The third kappa shape index (κ3) is 3.07. The highest BCUT2D eigenvalue weighted by Gasteiger charge is 2.16. The zero-order valence-corrected chi connectivity index (χ0v) is 9.65. The van der Waals surface area contributed by atoms with Gasteiger partial charge in [0.05, 0.1) is 0 Å². The molecular formula is C14H21N. The van der Waals surface area contributed by atoms with E-state index in [1.54, 1.807) is 5.57 Å². The van der Waals surface area contributed by atoms with Gasteiger partial charge in [-0.15, -0.1) is 0 Å². The molecule has 0 spiro atoms. The second-order valence-corrected chi connectivity index (χ2v) is 4.66. The first kappa shape index (κ1) is 10.7. The monoisotopic (exact) mass is 203 g/mol. The first-order chi connectivity index (χ1) is 7.36. The van der Waals surface area contributed by atoms with Gasteiger partial charge in [0.15, 0.2) is 0 Å². The maximum atomic E-state index is 2.46. The van der Waals surface area contributed by atoms with Crippen LogP contribution in [0.2, 0.25) is 0 Å². The van der Waals surface area contributed by atoms with Crippen molar-refractivity contribution in [2.45, 2.75) is 25.7 Å². The van der Waals surface area contributed by atoms with Crippen molar-refractivity contribution in [3.63, 3.8) is 0 Å². The lowest BCUT2D eigenvalue weighted by molar-refractivity contribution is 0.345. The standard InChI is InChI=1S/C14H21N/c1-15-11-6-9-14(10-12-15)13-7-4-2-3-5-8-13/h2-4,7-8,14H,5-6,9-12H2,1H3. The Kier molecular flexibility index (Phi) is 3.79. The van der Waals surface area contributed by atoms with Crippen LogP contribution in [0, 0.1) is 5.92 Å². The van der Waals surface area contributed by atoms with E-state index in [0.29, 0.717) is 0 Å². The topological polar surface area (TPSA) is 3.24 Å². The highest BCUT2D eigenvalue weighted by Crippen LogP contribution is 2.26. The number of allylic oxidation sites excluding steroid dienone is 6. The van der Waals surface area contributed by atoms with Gasteiger partial charge in [-0.05, 0) is 57.3 Å². The van der Waals surface area contributed by atoms with E-state index in [4.69, 9.17) is 0 Å². The molecule has 1 nitrogen and oxygen atoms in total. The van der Waals surface area contributed by atoms with E-state index < -0.39 is 0 Å². The molecule has 1 fully saturated rings. The summed E-state index contributed by atoms with van der Waals surface area (Å²) in [4.78, 5) is 2.46. The van der Waals surface area contributed by atoms with Crippen LogP contribution < -0.4 is 0 Å². The highest BCUT2D eigenvalue weighted by molar-refractivity contribution is 5.28. The average Bonchev–Trinajstić information content (AvgIpc) is 2.59. The van der Waals surface area contributed by atoms with Gasteiger partial charge in [-0.1, -0.05) is 30.4 Å². The van der Waals surface area contributed by atoms with Gasteiger partial charge in [-0.25, -0.2) is 0 Å². The van der Waals surface area contributed by atoms with Gasteiger partial charge in [0.25, 0.3) is 0 Å². The van der Waals surface area contributed by atoms with Gasteiger partial charge in [-0.2, -0.15) is 0 Å². The van der Waals surface area contributed by atoms with Crippen LogP contribution in [0.4, 0.5) is 0 Å². The minimum atomic E-state index is 0.797. The molecule has 0 bridgehead atoms. The van der Waals surface area contributed by atoms with Gasteiger partial charge in [0.2, 0.25) is 0 Å². The van der Waals surface area contributed by atoms with Crippen molar-refractivity contribution in [2.24, 2.45) is 5.92 Å². The fraction of sp³-hybridized carbons (Fsp3) is 0.571. The fourth-order valence-corrected chi connectivity index (χ4v) is 2.47. The summed E-state index contributed by atoms with van der Waals surface area (Å²) in [6, 6.07) is 0. The molecule has 1 unspecified atom stereocenters. The van der Waals surface area contributed by atoms with Gasteiger partial charge in [0.1, 0.15) is 0 Å². The predicted molar refractivity (Wildman–Crippen MR) is 65.8 cm³/mol. The Balaban J connectivity index is 2.00. The fourth-order valence-electron chi connectivity index (χ4n) is 2.47. The maximum Gasteiger partial charge on any atom is -0.00160 e. The van der Waals surface area contributed by atoms with Crippen LogP contribution in [-0.2, 0) is 0 Å². The number of hydrogen-bond donors (Lipinski definition) is 0. The van der Waals surface area contributed by atoms with Gasteiger partial charge in [0, 0.05) is 0 Å². The molecule has 0 aromatic carbocycles. The summed E-state index contributed by atoms with van der Waals surface area (Å²) in [5.74, 6) is 0.797. The van der Waals surface area contributed by atoms with E-state index in [-0.39, 0.29) is 0 Å². The van der Waals surface area contributed by atoms with Crippen molar-refractivity contribution >= 4 is 0 Å². The molecule has 82 valence electrons. The first-order valence-corrected chi connectivity index (χ1v) is 6.08. The maximum absolute atomic E-state index is 2.46. The molecule has 0 aromatic heterocycles. The molecule has 0 aromatic rings. The van der Waals surface area contributed by atoms with Crippen LogP contribution >= 0.6 is 0 Å². The first-order valence-electron chi connectivity index (χ1n) is 6.08. The Morgan fingerprint density at radius 1 is 1.20 bits per heavy atom. The summed E-state index contributed by atoms with van der Waals surface area (Å²) in [6.07, 6.45) is 16.4. The highest BCUT2D eigenvalue weighted by atomic mass is 15.1. The molecule has 0 amide bonds. The summed E-state index contributed by atoms with van der Waals surface area (Å²) in [5, 5.41) is 0. The lowest BCUT2D eigenvalue weighted by Crippen LogP contribution is -2.19. The summed E-state index contributed by atoms with van der Waals surface area (Å²) < 4.78 is 0. The van der Waals surface area contributed by atoms with Gasteiger partial charge < -0.3 is 4.90 Å². The summed E-state index contributed by atoms with van der Waals surface area (Å²) >= 11 is 0. The third-order valence-electron chi connectivity index (χ3n) is 3.45. The molecule has 2 rings (SSSR count). The van der Waals surface area contributed by atoms with E-state index in [2.05, 4.69) is 42.3 Å². The number of nitrogens with zero attached hydrogens (tertiary/aromatic N) is 1. The lowest BCUT2D eigenvalue weighted by atomic mass is 9.91. The molecule has 1 heteroatoms. The molecule has 15 heavy (non-hydrogen) atoms. The lowest BCUT2D eigenvalue weighted by Gasteiger charge is -2.16. The Morgan fingerprint density at radius 2 is 2.13 bits per heavy atom. The quantitative estimate of drug-likeness (QED) is 0.633. The minimum absolute atomic E-state index is 0.797. The average molecular weight is 203 g/mol. The summed E-state index contributed by atoms with van der Waals surface area (Å²) in [7, 11) is 2.24. The second kappa shape index (κ2) is 5.32. The van der Waals surface area contributed by atoms with E-state index in [0.717, 1.165) is 12.3 Å². The Morgan fingerprint density at radius 3 is 3.07 bits per heavy atom. The zero-order chi connectivity index (χ0) is 10.5. The molecule has 1 aliphatic heterocycles. The van der Waals surface area contributed by atoms with Crippen LogP contribution in [0.25, 0.3) is 0 Å². The molecule has 0 N–H and O–H groups in total. The van der Waals surface area contributed by atoms with Crippen LogP contribution in [0.5, 0.6) is 0 Å². The van der Waals surface area contributed by atoms with Gasteiger partial charge in [-0.3, -0.25) is 0 Å². The van der Waals surface area contributed by atoms with Crippen LogP contribution in [0.3, 0.4) is 0 Å². The normalized spacial score (nSPS) is 28.3. The van der Waals surface area contributed by atoms with E-state index >= 15 is 0 Å². The Bertz CT molecular complexity index is 286. The largest absolute Gasteiger partial charge is 0.306 e. The number of likely N-dealkylation sites (tertiary alicyclic amines) is 1. The van der Waals surface area contributed by atoms with Crippen LogP contribution in [0.1, 0.15) is 25.7 Å². The SMILES string of the molecule is CN1CCCC(C2=CCC=CC=C2)CC1. The molecule has 1 aliphatic carbocycles. The zero-order valence-electron chi connectivity index (χ0n) is 9.65. The minimum Gasteiger partial charge on any atom is -0.306 e. The number of hydrogen-bond acceptors (Lipinski definition) is 1. The van der Waals surface area contributed by atoms with Crippen molar-refractivity contribution in [3.05, 3.63) is 36.0 Å². The van der Waals surface area contributed by atoms with Gasteiger partial charge >= 0.3 is 0 Å². The van der Waals surface area contributed by atoms with Crippen molar-refractivity contribution in [1.29, 1.82) is 0 Å². The van der Waals surface area contributed by atoms with Crippen LogP contribution in [0.15, 0.2) is 36.0 Å².